The lowest BCUT2D eigenvalue weighted by Gasteiger charge is -1.72. The van der Waals surface area contributed by atoms with Gasteiger partial charge in [0, 0.05) is 14.9 Å². The van der Waals surface area contributed by atoms with Gasteiger partial charge in [0.1, 0.15) is 0 Å². The molecule has 0 aromatic heterocycles. The molecule has 0 aliphatic heterocycles. The fraction of sp³-hybridized carbons (Fsp3) is 0.429. The minimum absolute atomic E-state index is 0. The van der Waals surface area contributed by atoms with Crippen LogP contribution in [0.15, 0.2) is 12.7 Å². The van der Waals surface area contributed by atoms with Gasteiger partial charge in [-0.05, 0) is 6.42 Å². The summed E-state index contributed by atoms with van der Waals surface area (Å²) >= 11 is 0. The molecular weight excluding hydrogens is 84.1 g/mol. The predicted octanol–water partition coefficient (Wildman–Crippen LogP) is 2.14. The van der Waals surface area contributed by atoms with Crippen molar-refractivity contribution in [2.75, 3.05) is 0 Å². The van der Waals surface area contributed by atoms with Crippen LogP contribution < -0.4 is 0 Å². The molecule has 0 nitrogen and oxygen atoms in total. The van der Waals surface area contributed by atoms with Crippen LogP contribution in [0.3, 0.4) is 0 Å². The highest BCUT2D eigenvalue weighted by Crippen LogP contribution is 1.82. The van der Waals surface area contributed by atoms with Gasteiger partial charge in [0.15, 0.2) is 0 Å². The van der Waals surface area contributed by atoms with Crippen molar-refractivity contribution in [3.8, 4) is 0 Å². The van der Waals surface area contributed by atoms with Crippen LogP contribution >= 0.6 is 0 Å². The van der Waals surface area contributed by atoms with Crippen molar-refractivity contribution in [3.63, 3.8) is 0 Å². The first-order valence-corrected chi connectivity index (χ1v) is 2.02. The van der Waals surface area contributed by atoms with Crippen LogP contribution in [0.4, 0.5) is 0 Å². The summed E-state index contributed by atoms with van der Waals surface area (Å²) in [6.45, 7) is 5.69. The van der Waals surface area contributed by atoms with Gasteiger partial charge in [0.05, 0.1) is 0 Å². The van der Waals surface area contributed by atoms with Crippen LogP contribution in [0.25, 0.3) is 0 Å². The van der Waals surface area contributed by atoms with Crippen LogP contribution in [0.2, 0.25) is 0 Å². The van der Waals surface area contributed by atoms with E-state index in [0.717, 1.165) is 6.42 Å². The van der Waals surface area contributed by atoms with Gasteiger partial charge in [-0.25, -0.2) is 0 Å². The van der Waals surface area contributed by atoms with E-state index < -0.39 is 0 Å². The Hall–Kier alpha value is -0.260. The number of hydrogen-bond acceptors (Lipinski definition) is 0. The van der Waals surface area contributed by atoms with Gasteiger partial charge in [-0.3, -0.25) is 0 Å². The molecule has 0 saturated heterocycles. The second kappa shape index (κ2) is 17.2. The first-order valence-electron chi connectivity index (χ1n) is 2.02. The SMILES string of the molecule is C=CCCC.[C].[C]. The quantitative estimate of drug-likeness (QED) is 0.460. The molecule has 0 aliphatic rings. The highest BCUT2D eigenvalue weighted by atomic mass is 13.7. The summed E-state index contributed by atoms with van der Waals surface area (Å²) in [5.41, 5.74) is 0. The minimum Gasteiger partial charge on any atom is -0.103 e. The number of hydrogen-bond donors (Lipinski definition) is 0. The number of rotatable bonds is 2. The topological polar surface area (TPSA) is 0 Å². The summed E-state index contributed by atoms with van der Waals surface area (Å²) < 4.78 is 0. The Balaban J connectivity index is -0.0000000800. The van der Waals surface area contributed by atoms with Crippen molar-refractivity contribution in [1.82, 2.24) is 0 Å². The molecule has 0 spiro atoms. The Bertz CT molecular complexity index is 21.2. The van der Waals surface area contributed by atoms with E-state index in [4.69, 9.17) is 0 Å². The molecule has 8 radical (unpaired) electrons. The van der Waals surface area contributed by atoms with Crippen molar-refractivity contribution < 1.29 is 0 Å². The molecular formula is C7H10. The molecule has 0 bridgehead atoms. The van der Waals surface area contributed by atoms with E-state index in [1.807, 2.05) is 6.08 Å². The summed E-state index contributed by atoms with van der Waals surface area (Å²) in [5.74, 6) is 0. The maximum absolute atomic E-state index is 3.55. The highest BCUT2D eigenvalue weighted by Gasteiger charge is 1.61. The molecule has 0 aromatic rings. The Labute approximate surface area is 48.3 Å². The molecule has 0 aromatic carbocycles. The molecule has 0 heteroatoms. The molecule has 0 amide bonds. The predicted molar refractivity (Wildman–Crippen MR) is 31.6 cm³/mol. The lowest BCUT2D eigenvalue weighted by atomic mass is 10.3. The second-order valence-corrected chi connectivity index (χ2v) is 1.08. The van der Waals surface area contributed by atoms with E-state index in [1.165, 1.54) is 6.42 Å². The van der Waals surface area contributed by atoms with Crippen LogP contribution in [-0.4, -0.2) is 0 Å². The molecule has 0 N–H and O–H groups in total. The molecule has 0 heterocycles. The van der Waals surface area contributed by atoms with Gasteiger partial charge in [0.25, 0.3) is 0 Å². The zero-order valence-electron chi connectivity index (χ0n) is 4.70. The van der Waals surface area contributed by atoms with Crippen molar-refractivity contribution in [1.29, 1.82) is 0 Å². The maximum atomic E-state index is 3.55. The lowest BCUT2D eigenvalue weighted by molar-refractivity contribution is 0.961. The smallest absolute Gasteiger partial charge is 0 e. The van der Waals surface area contributed by atoms with Crippen LogP contribution in [-0.2, 0) is 0 Å². The fourth-order valence-electron chi connectivity index (χ4n) is 0.204. The normalized spacial score (nSPS) is 5.29. The summed E-state index contributed by atoms with van der Waals surface area (Å²) in [5, 5.41) is 0. The highest BCUT2D eigenvalue weighted by molar-refractivity contribution is 4.63. The average molecular weight is 94.2 g/mol. The van der Waals surface area contributed by atoms with Gasteiger partial charge in [-0.15, -0.1) is 6.58 Å². The van der Waals surface area contributed by atoms with Crippen molar-refractivity contribution in [2.45, 2.75) is 19.8 Å². The first kappa shape index (κ1) is 15.9. The van der Waals surface area contributed by atoms with E-state index in [1.54, 1.807) is 0 Å². The molecule has 0 atom stereocenters. The van der Waals surface area contributed by atoms with Crippen LogP contribution in [0.1, 0.15) is 19.8 Å². The van der Waals surface area contributed by atoms with E-state index >= 15 is 0 Å². The zero-order chi connectivity index (χ0) is 4.12. The van der Waals surface area contributed by atoms with E-state index in [2.05, 4.69) is 13.5 Å². The molecule has 0 fully saturated rings. The summed E-state index contributed by atoms with van der Waals surface area (Å²) in [6, 6.07) is 0. The molecule has 38 valence electrons. The minimum atomic E-state index is 0. The lowest BCUT2D eigenvalue weighted by Crippen LogP contribution is -1.52. The number of allylic oxidation sites excluding steroid dienone is 1. The summed E-state index contributed by atoms with van der Waals surface area (Å²) in [4.78, 5) is 0. The standard InChI is InChI=1S/C5H10.2C/c1-3-5-4-2;;/h3H,1,4-5H2,2H3;;. The van der Waals surface area contributed by atoms with Gasteiger partial charge < -0.3 is 0 Å². The zero-order valence-corrected chi connectivity index (χ0v) is 4.70. The van der Waals surface area contributed by atoms with Crippen LogP contribution in [0, 0.1) is 14.9 Å². The molecule has 0 rings (SSSR count). The van der Waals surface area contributed by atoms with Gasteiger partial charge in [-0.1, -0.05) is 19.4 Å². The van der Waals surface area contributed by atoms with E-state index in [0.29, 0.717) is 0 Å². The van der Waals surface area contributed by atoms with E-state index in [9.17, 15) is 0 Å². The third-order valence-electron chi connectivity index (χ3n) is 0.493. The fourth-order valence-corrected chi connectivity index (χ4v) is 0.204. The monoisotopic (exact) mass is 94.1 g/mol. The Morgan fingerprint density at radius 2 is 1.86 bits per heavy atom. The third-order valence-corrected chi connectivity index (χ3v) is 0.493. The maximum Gasteiger partial charge on any atom is 0 e. The average Bonchev–Trinajstić information content (AvgIpc) is 1.41. The van der Waals surface area contributed by atoms with Gasteiger partial charge in [0.2, 0.25) is 0 Å². The first-order chi connectivity index (χ1) is 2.41. The van der Waals surface area contributed by atoms with Gasteiger partial charge >= 0.3 is 0 Å². The molecule has 0 aliphatic carbocycles. The van der Waals surface area contributed by atoms with Crippen molar-refractivity contribution >= 4 is 0 Å². The third kappa shape index (κ3) is 26.5. The molecule has 7 heavy (non-hydrogen) atoms. The Morgan fingerprint density at radius 1 is 1.43 bits per heavy atom. The molecule has 0 unspecified atom stereocenters. The summed E-state index contributed by atoms with van der Waals surface area (Å²) in [6.07, 6.45) is 4.31. The van der Waals surface area contributed by atoms with Gasteiger partial charge in [-0.2, -0.15) is 0 Å². The van der Waals surface area contributed by atoms with Crippen molar-refractivity contribution in [3.05, 3.63) is 27.5 Å². The van der Waals surface area contributed by atoms with Crippen LogP contribution in [0.5, 0.6) is 0 Å². The van der Waals surface area contributed by atoms with E-state index in [-0.39, 0.29) is 14.9 Å². The largest absolute Gasteiger partial charge is 0.103 e. The summed E-state index contributed by atoms with van der Waals surface area (Å²) in [7, 11) is 0. The van der Waals surface area contributed by atoms with Crippen molar-refractivity contribution in [2.24, 2.45) is 0 Å². The second-order valence-electron chi connectivity index (χ2n) is 1.08. The number of unbranched alkanes of at least 4 members (excludes halogenated alkanes) is 1. The molecule has 0 saturated carbocycles. The Morgan fingerprint density at radius 3 is 1.86 bits per heavy atom. The Kier molecular flexibility index (Phi) is 39.0.